The van der Waals surface area contributed by atoms with Crippen molar-refractivity contribution in [1.29, 1.82) is 0 Å². The maximum Gasteiger partial charge on any atom is 0.310 e. The molecule has 0 aromatic rings. The summed E-state index contributed by atoms with van der Waals surface area (Å²) < 4.78 is 0. The molecule has 198 valence electrons. The molecule has 4 heteroatoms. The van der Waals surface area contributed by atoms with Gasteiger partial charge in [-0.25, -0.2) is 0 Å². The molecule has 0 heterocycles. The standard InChI is InChI=1S/C31H50O4/c1-18-10-13-31(26(34)35)15-14-29(6)20(25(31)19(18)2)8-9-24-28(5)16-22(33)21(17-32)27(3,4)23(28)11-12-30(24,29)7/h8,18-19,21-25,32-33H,9-17H2,1-7H3,(H,34,35)/t18-,19+,21?,22-,23+,24-,25?,28?,29-,30?,31?/m1/s1. The Bertz CT molecular complexity index is 923. The second-order valence-corrected chi connectivity index (χ2v) is 15.0. The first kappa shape index (κ1) is 25.8. The Hall–Kier alpha value is -0.870. The summed E-state index contributed by atoms with van der Waals surface area (Å²) in [5.41, 5.74) is 0.871. The molecule has 0 aromatic heterocycles. The molecule has 0 radical (unpaired) electrons. The number of allylic oxidation sites excluding steroid dienone is 2. The number of hydrogen-bond donors (Lipinski definition) is 3. The molecule has 3 N–H and O–H groups in total. The van der Waals surface area contributed by atoms with Gasteiger partial charge < -0.3 is 15.3 Å². The molecule has 5 aliphatic carbocycles. The van der Waals surface area contributed by atoms with Gasteiger partial charge in [0.1, 0.15) is 0 Å². The molecule has 11 atom stereocenters. The van der Waals surface area contributed by atoms with Gasteiger partial charge in [0.25, 0.3) is 0 Å². The molecule has 4 nitrogen and oxygen atoms in total. The van der Waals surface area contributed by atoms with Crippen LogP contribution in [-0.2, 0) is 4.79 Å². The summed E-state index contributed by atoms with van der Waals surface area (Å²) in [6.07, 6.45) is 9.67. The third-order valence-corrected chi connectivity index (χ3v) is 13.8. The van der Waals surface area contributed by atoms with Crippen LogP contribution in [0.4, 0.5) is 0 Å². The fourth-order valence-corrected chi connectivity index (χ4v) is 11.4. The largest absolute Gasteiger partial charge is 0.481 e. The van der Waals surface area contributed by atoms with Crippen LogP contribution in [0.2, 0.25) is 0 Å². The number of aliphatic hydroxyl groups is 2. The highest BCUT2D eigenvalue weighted by Crippen LogP contribution is 2.76. The molecule has 0 aromatic carbocycles. The zero-order valence-electron chi connectivity index (χ0n) is 23.2. The third-order valence-electron chi connectivity index (χ3n) is 13.8. The molecule has 0 bridgehead atoms. The highest BCUT2D eigenvalue weighted by atomic mass is 16.4. The minimum atomic E-state index is -0.598. The quantitative estimate of drug-likeness (QED) is 0.400. The van der Waals surface area contributed by atoms with E-state index < -0.39 is 17.5 Å². The first-order chi connectivity index (χ1) is 16.2. The summed E-state index contributed by atoms with van der Waals surface area (Å²) in [5.74, 6) is 1.38. The number of carbonyl (C=O) groups is 1. The van der Waals surface area contributed by atoms with Crippen LogP contribution < -0.4 is 0 Å². The second kappa shape index (κ2) is 7.82. The van der Waals surface area contributed by atoms with E-state index in [1.807, 2.05) is 0 Å². The molecule has 0 spiro atoms. The Morgan fingerprint density at radius 2 is 1.69 bits per heavy atom. The summed E-state index contributed by atoms with van der Waals surface area (Å²) in [5, 5.41) is 32.0. The summed E-state index contributed by atoms with van der Waals surface area (Å²) >= 11 is 0. The molecule has 4 saturated carbocycles. The summed E-state index contributed by atoms with van der Waals surface area (Å²) in [7, 11) is 0. The van der Waals surface area contributed by atoms with E-state index in [4.69, 9.17) is 0 Å². The van der Waals surface area contributed by atoms with Gasteiger partial charge >= 0.3 is 5.97 Å². The van der Waals surface area contributed by atoms with Gasteiger partial charge in [-0.3, -0.25) is 4.79 Å². The van der Waals surface area contributed by atoms with Gasteiger partial charge in [0.2, 0.25) is 0 Å². The number of aliphatic carboxylic acids is 1. The van der Waals surface area contributed by atoms with Gasteiger partial charge in [-0.1, -0.05) is 60.1 Å². The number of rotatable bonds is 2. The maximum atomic E-state index is 12.8. The monoisotopic (exact) mass is 486 g/mol. The third kappa shape index (κ3) is 3.02. The SMILES string of the molecule is C[C@@H]1CCC2(C(=O)O)CC[C@]3(C)C(=CC[C@@H]4C5(C)C[C@@H](O)C(CO)C(C)(C)[C@@H]5CCC43C)C2[C@H]1C. The van der Waals surface area contributed by atoms with E-state index in [1.165, 1.54) is 5.57 Å². The average Bonchev–Trinajstić information content (AvgIpc) is 2.76. The Labute approximate surface area is 213 Å². The van der Waals surface area contributed by atoms with Gasteiger partial charge in [0.15, 0.2) is 0 Å². The molecule has 0 saturated heterocycles. The van der Waals surface area contributed by atoms with Crippen LogP contribution in [0.1, 0.15) is 99.8 Å². The average molecular weight is 487 g/mol. The van der Waals surface area contributed by atoms with Crippen LogP contribution in [0, 0.1) is 62.6 Å². The first-order valence-electron chi connectivity index (χ1n) is 14.4. The molecule has 0 aliphatic heterocycles. The minimum Gasteiger partial charge on any atom is -0.481 e. The molecule has 4 fully saturated rings. The van der Waals surface area contributed by atoms with Crippen molar-refractivity contribution >= 4 is 5.97 Å². The molecule has 35 heavy (non-hydrogen) atoms. The summed E-state index contributed by atoms with van der Waals surface area (Å²) in [6.45, 7) is 16.7. The highest BCUT2D eigenvalue weighted by Gasteiger charge is 2.70. The molecule has 5 aliphatic rings. The maximum absolute atomic E-state index is 12.8. The Morgan fingerprint density at radius 3 is 2.31 bits per heavy atom. The van der Waals surface area contributed by atoms with E-state index in [1.54, 1.807) is 0 Å². The lowest BCUT2D eigenvalue weighted by molar-refractivity contribution is -0.222. The van der Waals surface area contributed by atoms with Gasteiger partial charge in [0, 0.05) is 12.5 Å². The van der Waals surface area contributed by atoms with Crippen LogP contribution in [0.15, 0.2) is 11.6 Å². The van der Waals surface area contributed by atoms with Crippen molar-refractivity contribution in [3.63, 3.8) is 0 Å². The van der Waals surface area contributed by atoms with Crippen LogP contribution in [0.5, 0.6) is 0 Å². The number of carboxylic acid groups (broad SMARTS) is 1. The predicted molar refractivity (Wildman–Crippen MR) is 139 cm³/mol. The zero-order valence-corrected chi connectivity index (χ0v) is 23.2. The number of carboxylic acids is 1. The van der Waals surface area contributed by atoms with Gasteiger partial charge in [-0.05, 0) is 103 Å². The molecule has 5 rings (SSSR count). The zero-order chi connectivity index (χ0) is 25.8. The van der Waals surface area contributed by atoms with Crippen molar-refractivity contribution < 1.29 is 20.1 Å². The Kier molecular flexibility index (Phi) is 5.76. The topological polar surface area (TPSA) is 77.8 Å². The van der Waals surface area contributed by atoms with Gasteiger partial charge in [-0.15, -0.1) is 0 Å². The van der Waals surface area contributed by atoms with Crippen molar-refractivity contribution in [2.24, 2.45) is 62.6 Å². The lowest BCUT2D eigenvalue weighted by Crippen LogP contribution is -2.66. The van der Waals surface area contributed by atoms with Crippen molar-refractivity contribution in [1.82, 2.24) is 0 Å². The summed E-state index contributed by atoms with van der Waals surface area (Å²) in [6, 6.07) is 0. The Morgan fingerprint density at radius 1 is 1.00 bits per heavy atom. The number of hydrogen-bond acceptors (Lipinski definition) is 3. The van der Waals surface area contributed by atoms with E-state index in [-0.39, 0.29) is 40.1 Å². The minimum absolute atomic E-state index is 0.00174. The smallest absolute Gasteiger partial charge is 0.310 e. The molecule has 5 unspecified atom stereocenters. The second-order valence-electron chi connectivity index (χ2n) is 15.0. The normalized spacial score (nSPS) is 55.0. The van der Waals surface area contributed by atoms with Crippen molar-refractivity contribution in [2.75, 3.05) is 6.61 Å². The van der Waals surface area contributed by atoms with Gasteiger partial charge in [-0.2, -0.15) is 0 Å². The van der Waals surface area contributed by atoms with E-state index in [9.17, 15) is 20.1 Å². The van der Waals surface area contributed by atoms with Crippen LogP contribution >= 0.6 is 0 Å². The lowest BCUT2D eigenvalue weighted by atomic mass is 9.33. The number of aliphatic hydroxyl groups excluding tert-OH is 2. The van der Waals surface area contributed by atoms with Crippen molar-refractivity contribution in [3.8, 4) is 0 Å². The fraction of sp³-hybridized carbons (Fsp3) is 0.903. The highest BCUT2D eigenvalue weighted by molar-refractivity contribution is 5.76. The van der Waals surface area contributed by atoms with E-state index in [0.29, 0.717) is 23.7 Å². The molecular weight excluding hydrogens is 436 g/mol. The van der Waals surface area contributed by atoms with E-state index >= 15 is 0 Å². The lowest BCUT2D eigenvalue weighted by Gasteiger charge is -2.72. The van der Waals surface area contributed by atoms with E-state index in [0.717, 1.165) is 51.4 Å². The van der Waals surface area contributed by atoms with Crippen LogP contribution in [0.25, 0.3) is 0 Å². The Balaban J connectivity index is 1.61. The van der Waals surface area contributed by atoms with Gasteiger partial charge in [0.05, 0.1) is 11.5 Å². The predicted octanol–water partition coefficient (Wildman–Crippen LogP) is 6.31. The van der Waals surface area contributed by atoms with E-state index in [2.05, 4.69) is 54.5 Å². The van der Waals surface area contributed by atoms with Crippen LogP contribution in [0.3, 0.4) is 0 Å². The molecular formula is C31H50O4. The molecule has 0 amide bonds. The fourth-order valence-electron chi connectivity index (χ4n) is 11.4. The first-order valence-corrected chi connectivity index (χ1v) is 14.4. The van der Waals surface area contributed by atoms with Crippen molar-refractivity contribution in [3.05, 3.63) is 11.6 Å². The van der Waals surface area contributed by atoms with Crippen molar-refractivity contribution in [2.45, 2.75) is 106 Å². The van der Waals surface area contributed by atoms with Crippen LogP contribution in [-0.4, -0.2) is 34.0 Å². The summed E-state index contributed by atoms with van der Waals surface area (Å²) in [4.78, 5) is 12.8. The number of fused-ring (bicyclic) bond motifs is 7.